The molecule has 0 bridgehead atoms. The SMILES string of the molecule is CCNC(=O)COc1nc(N)nc(-c2ccccc2)c1-c1cc(C)nc(C(F)(F)F)c1. The van der Waals surface area contributed by atoms with Crippen LogP contribution in [0.1, 0.15) is 18.3 Å². The number of nitrogen functional groups attached to an aromatic ring is 1. The van der Waals surface area contributed by atoms with E-state index >= 15 is 0 Å². The molecule has 0 aliphatic heterocycles. The molecule has 3 aromatic rings. The maximum Gasteiger partial charge on any atom is 0.433 e. The van der Waals surface area contributed by atoms with Gasteiger partial charge in [0.1, 0.15) is 5.69 Å². The number of carbonyl (C=O) groups excluding carboxylic acids is 1. The van der Waals surface area contributed by atoms with Gasteiger partial charge in [-0.05, 0) is 31.5 Å². The molecule has 0 saturated heterocycles. The second kappa shape index (κ2) is 8.99. The smallest absolute Gasteiger partial charge is 0.433 e. The number of rotatable bonds is 6. The fraction of sp³-hybridized carbons (Fsp3) is 0.238. The average molecular weight is 431 g/mol. The Morgan fingerprint density at radius 2 is 1.81 bits per heavy atom. The number of halogens is 3. The number of hydrogen-bond acceptors (Lipinski definition) is 6. The molecule has 2 aromatic heterocycles. The molecule has 31 heavy (non-hydrogen) atoms. The van der Waals surface area contributed by atoms with Gasteiger partial charge in [0.05, 0.1) is 11.3 Å². The summed E-state index contributed by atoms with van der Waals surface area (Å²) in [7, 11) is 0. The third-order valence-corrected chi connectivity index (χ3v) is 4.19. The van der Waals surface area contributed by atoms with Crippen LogP contribution in [-0.4, -0.2) is 34.0 Å². The second-order valence-corrected chi connectivity index (χ2v) is 6.60. The average Bonchev–Trinajstić information content (AvgIpc) is 2.71. The van der Waals surface area contributed by atoms with E-state index in [4.69, 9.17) is 10.5 Å². The number of amides is 1. The van der Waals surface area contributed by atoms with Crippen LogP contribution in [-0.2, 0) is 11.0 Å². The van der Waals surface area contributed by atoms with Gasteiger partial charge in [0.15, 0.2) is 6.61 Å². The minimum Gasteiger partial charge on any atom is -0.467 e. The number of aromatic nitrogens is 3. The number of anilines is 1. The lowest BCUT2D eigenvalue weighted by molar-refractivity contribution is -0.141. The molecule has 3 N–H and O–H groups in total. The Hall–Kier alpha value is -3.69. The van der Waals surface area contributed by atoms with Crippen LogP contribution in [0.15, 0.2) is 42.5 Å². The first kappa shape index (κ1) is 22.0. The normalized spacial score (nSPS) is 11.3. The van der Waals surface area contributed by atoms with E-state index in [-0.39, 0.29) is 40.9 Å². The van der Waals surface area contributed by atoms with Gasteiger partial charge in [-0.1, -0.05) is 30.3 Å². The number of ether oxygens (including phenoxy) is 1. The fourth-order valence-corrected chi connectivity index (χ4v) is 2.97. The maximum atomic E-state index is 13.4. The van der Waals surface area contributed by atoms with E-state index in [1.54, 1.807) is 37.3 Å². The lowest BCUT2D eigenvalue weighted by Gasteiger charge is -2.17. The molecule has 2 heterocycles. The molecule has 162 valence electrons. The summed E-state index contributed by atoms with van der Waals surface area (Å²) < 4.78 is 45.7. The van der Waals surface area contributed by atoms with E-state index in [9.17, 15) is 18.0 Å². The first-order chi connectivity index (χ1) is 14.7. The van der Waals surface area contributed by atoms with Gasteiger partial charge in [-0.2, -0.15) is 18.2 Å². The summed E-state index contributed by atoms with van der Waals surface area (Å²) in [5.41, 5.74) is 6.12. The molecule has 7 nitrogen and oxygen atoms in total. The molecule has 1 amide bonds. The highest BCUT2D eigenvalue weighted by atomic mass is 19.4. The molecule has 0 fully saturated rings. The van der Waals surface area contributed by atoms with Crippen molar-refractivity contribution < 1.29 is 22.7 Å². The number of pyridine rings is 1. The standard InChI is InChI=1S/C21H20F3N5O2/c1-3-26-16(30)11-31-19-17(14-9-12(2)27-15(10-14)21(22,23)24)18(28-20(25)29-19)13-7-5-4-6-8-13/h4-10H,3,11H2,1-2H3,(H,26,30)(H2,25,28,29). The Bertz CT molecular complexity index is 1090. The van der Waals surface area contributed by atoms with Crippen molar-refractivity contribution in [1.82, 2.24) is 20.3 Å². The number of nitrogens with two attached hydrogens (primary N) is 1. The van der Waals surface area contributed by atoms with Crippen molar-refractivity contribution in [2.75, 3.05) is 18.9 Å². The van der Waals surface area contributed by atoms with Gasteiger partial charge < -0.3 is 15.8 Å². The molecular formula is C21H20F3N5O2. The monoisotopic (exact) mass is 431 g/mol. The zero-order valence-corrected chi connectivity index (χ0v) is 16.8. The van der Waals surface area contributed by atoms with Crippen molar-refractivity contribution in [2.24, 2.45) is 0 Å². The molecule has 0 spiro atoms. The zero-order valence-electron chi connectivity index (χ0n) is 16.8. The summed E-state index contributed by atoms with van der Waals surface area (Å²) in [5.74, 6) is -0.652. The highest BCUT2D eigenvalue weighted by Crippen LogP contribution is 2.39. The predicted molar refractivity (Wildman–Crippen MR) is 109 cm³/mol. The summed E-state index contributed by atoms with van der Waals surface area (Å²) in [6.45, 7) is 3.21. The van der Waals surface area contributed by atoms with Crippen LogP contribution in [0.2, 0.25) is 0 Å². The van der Waals surface area contributed by atoms with Gasteiger partial charge in [-0.25, -0.2) is 9.97 Å². The van der Waals surface area contributed by atoms with Crippen LogP contribution in [0.5, 0.6) is 5.88 Å². The summed E-state index contributed by atoms with van der Waals surface area (Å²) in [6.07, 6.45) is -4.65. The van der Waals surface area contributed by atoms with Crippen LogP contribution in [0.4, 0.5) is 19.1 Å². The number of alkyl halides is 3. The molecule has 1 aromatic carbocycles. The summed E-state index contributed by atoms with van der Waals surface area (Å²) in [6, 6.07) is 11.1. The van der Waals surface area contributed by atoms with Gasteiger partial charge in [0.2, 0.25) is 11.8 Å². The van der Waals surface area contributed by atoms with E-state index in [0.29, 0.717) is 12.1 Å². The van der Waals surface area contributed by atoms with Crippen molar-refractivity contribution in [3.8, 4) is 28.3 Å². The first-order valence-corrected chi connectivity index (χ1v) is 9.37. The summed E-state index contributed by atoms with van der Waals surface area (Å²) in [5, 5.41) is 2.58. The molecular weight excluding hydrogens is 411 g/mol. The maximum absolute atomic E-state index is 13.4. The topological polar surface area (TPSA) is 103 Å². The van der Waals surface area contributed by atoms with Gasteiger partial charge in [0, 0.05) is 17.8 Å². The van der Waals surface area contributed by atoms with E-state index in [1.165, 1.54) is 13.0 Å². The van der Waals surface area contributed by atoms with Crippen LogP contribution in [0.3, 0.4) is 0 Å². The van der Waals surface area contributed by atoms with Crippen LogP contribution < -0.4 is 15.8 Å². The van der Waals surface area contributed by atoms with E-state index in [2.05, 4.69) is 20.3 Å². The van der Waals surface area contributed by atoms with Crippen molar-refractivity contribution in [2.45, 2.75) is 20.0 Å². The lowest BCUT2D eigenvalue weighted by Crippen LogP contribution is -2.28. The fourth-order valence-electron chi connectivity index (χ4n) is 2.97. The Balaban J connectivity index is 2.23. The molecule has 0 radical (unpaired) electrons. The van der Waals surface area contributed by atoms with Gasteiger partial charge in [-0.15, -0.1) is 0 Å². The van der Waals surface area contributed by atoms with Crippen molar-refractivity contribution >= 4 is 11.9 Å². The summed E-state index contributed by atoms with van der Waals surface area (Å²) >= 11 is 0. The molecule has 0 unspecified atom stereocenters. The van der Waals surface area contributed by atoms with Crippen LogP contribution >= 0.6 is 0 Å². The van der Waals surface area contributed by atoms with E-state index in [0.717, 1.165) is 6.07 Å². The van der Waals surface area contributed by atoms with Gasteiger partial charge >= 0.3 is 6.18 Å². The molecule has 3 rings (SSSR count). The largest absolute Gasteiger partial charge is 0.467 e. The van der Waals surface area contributed by atoms with Crippen molar-refractivity contribution in [3.05, 3.63) is 53.9 Å². The minimum absolute atomic E-state index is 0.101. The second-order valence-electron chi connectivity index (χ2n) is 6.60. The number of aryl methyl sites for hydroxylation is 1. The molecule has 0 aliphatic carbocycles. The zero-order chi connectivity index (χ0) is 22.6. The Labute approximate surface area is 176 Å². The Morgan fingerprint density at radius 1 is 1.10 bits per heavy atom. The van der Waals surface area contributed by atoms with Crippen molar-refractivity contribution in [3.63, 3.8) is 0 Å². The first-order valence-electron chi connectivity index (χ1n) is 9.37. The summed E-state index contributed by atoms with van der Waals surface area (Å²) in [4.78, 5) is 23.8. The van der Waals surface area contributed by atoms with Crippen LogP contribution in [0.25, 0.3) is 22.4 Å². The number of benzene rings is 1. The predicted octanol–water partition coefficient (Wildman–Crippen LogP) is 3.63. The van der Waals surface area contributed by atoms with Gasteiger partial charge in [-0.3, -0.25) is 4.79 Å². The lowest BCUT2D eigenvalue weighted by atomic mass is 9.99. The third-order valence-electron chi connectivity index (χ3n) is 4.19. The molecule has 0 atom stereocenters. The Morgan fingerprint density at radius 3 is 2.45 bits per heavy atom. The third kappa shape index (κ3) is 5.27. The molecule has 10 heteroatoms. The van der Waals surface area contributed by atoms with Gasteiger partial charge in [0.25, 0.3) is 5.91 Å². The number of nitrogens with zero attached hydrogens (tertiary/aromatic N) is 3. The minimum atomic E-state index is -4.65. The molecule has 0 aliphatic rings. The van der Waals surface area contributed by atoms with Crippen molar-refractivity contribution in [1.29, 1.82) is 0 Å². The number of likely N-dealkylation sites (N-methyl/N-ethyl adjacent to an activating group) is 1. The molecule has 0 saturated carbocycles. The number of nitrogens with one attached hydrogen (secondary N) is 1. The van der Waals surface area contributed by atoms with E-state index in [1.807, 2.05) is 0 Å². The van der Waals surface area contributed by atoms with E-state index < -0.39 is 17.8 Å². The highest BCUT2D eigenvalue weighted by molar-refractivity contribution is 5.85. The number of carbonyl (C=O) groups is 1. The quantitative estimate of drug-likeness (QED) is 0.618. The Kier molecular flexibility index (Phi) is 6.38. The van der Waals surface area contributed by atoms with Crippen LogP contribution in [0, 0.1) is 6.92 Å². The number of hydrogen-bond donors (Lipinski definition) is 2. The highest BCUT2D eigenvalue weighted by Gasteiger charge is 2.33.